The number of rotatable bonds is 4. The van der Waals surface area contributed by atoms with E-state index in [9.17, 15) is 4.79 Å². The van der Waals surface area contributed by atoms with Gasteiger partial charge in [-0.3, -0.25) is 4.79 Å². The van der Waals surface area contributed by atoms with E-state index in [1.54, 1.807) is 7.11 Å². The van der Waals surface area contributed by atoms with E-state index in [0.717, 1.165) is 11.1 Å². The molecule has 0 radical (unpaired) electrons. The van der Waals surface area contributed by atoms with Gasteiger partial charge in [-0.15, -0.1) is 0 Å². The quantitative estimate of drug-likeness (QED) is 0.558. The highest BCUT2D eigenvalue weighted by Crippen LogP contribution is 2.32. The maximum absolute atomic E-state index is 11.6. The molecule has 0 N–H and O–H groups in total. The molecular formula is C12H14O3. The van der Waals surface area contributed by atoms with E-state index in [1.807, 2.05) is 24.3 Å². The van der Waals surface area contributed by atoms with Gasteiger partial charge in [-0.1, -0.05) is 24.3 Å². The molecule has 3 heteroatoms. The lowest BCUT2D eigenvalue weighted by molar-refractivity contribution is -0.0352. The molecule has 2 rings (SSSR count). The number of methoxy groups -OCH3 is 1. The average Bonchev–Trinajstić information content (AvgIpc) is 2.58. The standard InChI is InChI=1S/C12H14O3/c1-14-8-15-7-9-6-12(13)11-5-3-2-4-10(9)11/h2-5,9H,6-8H2,1H3. The maximum Gasteiger partial charge on any atom is 0.163 e. The van der Waals surface area contributed by atoms with Crippen molar-refractivity contribution in [1.29, 1.82) is 0 Å². The first-order valence-corrected chi connectivity index (χ1v) is 5.01. The molecule has 0 spiro atoms. The first-order valence-electron chi connectivity index (χ1n) is 5.01. The monoisotopic (exact) mass is 206 g/mol. The molecule has 1 unspecified atom stereocenters. The normalized spacial score (nSPS) is 19.3. The highest BCUT2D eigenvalue weighted by Gasteiger charge is 2.28. The Labute approximate surface area is 89.0 Å². The third-order valence-corrected chi connectivity index (χ3v) is 2.65. The largest absolute Gasteiger partial charge is 0.359 e. The maximum atomic E-state index is 11.6. The van der Waals surface area contributed by atoms with Crippen LogP contribution in [-0.2, 0) is 9.47 Å². The molecule has 0 heterocycles. The van der Waals surface area contributed by atoms with Crippen LogP contribution in [0.25, 0.3) is 0 Å². The van der Waals surface area contributed by atoms with E-state index < -0.39 is 0 Å². The molecule has 0 amide bonds. The van der Waals surface area contributed by atoms with Crippen molar-refractivity contribution in [3.63, 3.8) is 0 Å². The molecule has 15 heavy (non-hydrogen) atoms. The fourth-order valence-corrected chi connectivity index (χ4v) is 1.97. The predicted octanol–water partition coefficient (Wildman–Crippen LogP) is 1.98. The minimum absolute atomic E-state index is 0.198. The molecule has 0 saturated carbocycles. The van der Waals surface area contributed by atoms with Crippen molar-refractivity contribution in [2.24, 2.45) is 0 Å². The second-order valence-corrected chi connectivity index (χ2v) is 3.69. The highest BCUT2D eigenvalue weighted by molar-refractivity contribution is 6.01. The third-order valence-electron chi connectivity index (χ3n) is 2.65. The summed E-state index contributed by atoms with van der Waals surface area (Å²) in [6.07, 6.45) is 0.559. The number of carbonyl (C=O) groups is 1. The van der Waals surface area contributed by atoms with Crippen molar-refractivity contribution in [2.45, 2.75) is 12.3 Å². The van der Waals surface area contributed by atoms with Crippen molar-refractivity contribution >= 4 is 5.78 Å². The zero-order chi connectivity index (χ0) is 10.7. The van der Waals surface area contributed by atoms with Gasteiger partial charge in [0.05, 0.1) is 6.61 Å². The van der Waals surface area contributed by atoms with Crippen LogP contribution in [0, 0.1) is 0 Å². The Hall–Kier alpha value is -1.19. The van der Waals surface area contributed by atoms with Gasteiger partial charge >= 0.3 is 0 Å². The van der Waals surface area contributed by atoms with Gasteiger partial charge in [0.25, 0.3) is 0 Å². The van der Waals surface area contributed by atoms with Crippen LogP contribution in [0.5, 0.6) is 0 Å². The second-order valence-electron chi connectivity index (χ2n) is 3.69. The molecule has 0 saturated heterocycles. The molecule has 0 aliphatic heterocycles. The lowest BCUT2D eigenvalue weighted by Crippen LogP contribution is -2.07. The number of hydrogen-bond donors (Lipinski definition) is 0. The van der Waals surface area contributed by atoms with E-state index in [-0.39, 0.29) is 18.5 Å². The molecule has 0 bridgehead atoms. The van der Waals surface area contributed by atoms with Crippen molar-refractivity contribution in [2.75, 3.05) is 20.5 Å². The first kappa shape index (κ1) is 10.3. The molecule has 1 aromatic carbocycles. The first-order chi connectivity index (χ1) is 7.33. The summed E-state index contributed by atoms with van der Waals surface area (Å²) in [6.45, 7) is 0.837. The van der Waals surface area contributed by atoms with Crippen LogP contribution < -0.4 is 0 Å². The Morgan fingerprint density at radius 3 is 3.00 bits per heavy atom. The molecule has 3 nitrogen and oxygen atoms in total. The molecule has 80 valence electrons. The lowest BCUT2D eigenvalue weighted by atomic mass is 10.0. The smallest absolute Gasteiger partial charge is 0.163 e. The van der Waals surface area contributed by atoms with Gasteiger partial charge in [-0.2, -0.15) is 0 Å². The molecular weight excluding hydrogens is 192 g/mol. The SMILES string of the molecule is COCOCC1CC(=O)c2ccccc21. The van der Waals surface area contributed by atoms with E-state index in [1.165, 1.54) is 0 Å². The van der Waals surface area contributed by atoms with Crippen LogP contribution in [0.3, 0.4) is 0 Å². The molecule has 1 aromatic rings. The van der Waals surface area contributed by atoms with Gasteiger partial charge in [0.1, 0.15) is 6.79 Å². The summed E-state index contributed by atoms with van der Waals surface area (Å²) < 4.78 is 10.1. The molecule has 0 fully saturated rings. The summed E-state index contributed by atoms with van der Waals surface area (Å²) in [5, 5.41) is 0. The van der Waals surface area contributed by atoms with Crippen molar-refractivity contribution in [3.05, 3.63) is 35.4 Å². The average molecular weight is 206 g/mol. The van der Waals surface area contributed by atoms with Crippen LogP contribution in [0.1, 0.15) is 28.3 Å². The zero-order valence-corrected chi connectivity index (χ0v) is 8.73. The highest BCUT2D eigenvalue weighted by atomic mass is 16.7. The second kappa shape index (κ2) is 4.55. The number of ketones is 1. The summed E-state index contributed by atoms with van der Waals surface area (Å²) in [5.41, 5.74) is 1.96. The Balaban J connectivity index is 2.08. The van der Waals surface area contributed by atoms with Gasteiger partial charge in [0.15, 0.2) is 5.78 Å². The van der Waals surface area contributed by atoms with E-state index >= 15 is 0 Å². The number of benzene rings is 1. The Morgan fingerprint density at radius 1 is 1.40 bits per heavy atom. The number of carbonyl (C=O) groups excluding carboxylic acids is 1. The van der Waals surface area contributed by atoms with Crippen molar-refractivity contribution in [1.82, 2.24) is 0 Å². The number of Topliss-reactive ketones (excluding diaryl/α,β-unsaturated/α-hetero) is 1. The van der Waals surface area contributed by atoms with Gasteiger partial charge in [0.2, 0.25) is 0 Å². The minimum atomic E-state index is 0.198. The van der Waals surface area contributed by atoms with Gasteiger partial charge in [-0.05, 0) is 5.56 Å². The molecule has 0 aromatic heterocycles. The van der Waals surface area contributed by atoms with Crippen molar-refractivity contribution < 1.29 is 14.3 Å². The number of fused-ring (bicyclic) bond motifs is 1. The lowest BCUT2D eigenvalue weighted by Gasteiger charge is -2.10. The Morgan fingerprint density at radius 2 is 2.20 bits per heavy atom. The Kier molecular flexibility index (Phi) is 3.14. The third kappa shape index (κ3) is 2.08. The van der Waals surface area contributed by atoms with Crippen molar-refractivity contribution in [3.8, 4) is 0 Å². The summed E-state index contributed by atoms with van der Waals surface area (Å²) in [5.74, 6) is 0.417. The zero-order valence-electron chi connectivity index (χ0n) is 8.73. The number of ether oxygens (including phenoxy) is 2. The summed E-state index contributed by atoms with van der Waals surface area (Å²) in [7, 11) is 1.59. The van der Waals surface area contributed by atoms with Gasteiger partial charge in [0, 0.05) is 25.0 Å². The van der Waals surface area contributed by atoms with Gasteiger partial charge in [-0.25, -0.2) is 0 Å². The van der Waals surface area contributed by atoms with Crippen LogP contribution in [0.15, 0.2) is 24.3 Å². The molecule has 1 aliphatic carbocycles. The van der Waals surface area contributed by atoms with Crippen LogP contribution in [-0.4, -0.2) is 26.3 Å². The van der Waals surface area contributed by atoms with E-state index in [4.69, 9.17) is 9.47 Å². The molecule has 1 aliphatic rings. The topological polar surface area (TPSA) is 35.5 Å². The van der Waals surface area contributed by atoms with E-state index in [0.29, 0.717) is 13.0 Å². The summed E-state index contributed by atoms with van der Waals surface area (Å²) in [6, 6.07) is 7.74. The van der Waals surface area contributed by atoms with E-state index in [2.05, 4.69) is 0 Å². The van der Waals surface area contributed by atoms with Crippen LogP contribution >= 0.6 is 0 Å². The minimum Gasteiger partial charge on any atom is -0.359 e. The van der Waals surface area contributed by atoms with Gasteiger partial charge < -0.3 is 9.47 Å². The van der Waals surface area contributed by atoms with Crippen LogP contribution in [0.4, 0.5) is 0 Å². The fourth-order valence-electron chi connectivity index (χ4n) is 1.97. The number of hydrogen-bond acceptors (Lipinski definition) is 3. The summed E-state index contributed by atoms with van der Waals surface area (Å²) >= 11 is 0. The van der Waals surface area contributed by atoms with Crippen LogP contribution in [0.2, 0.25) is 0 Å². The summed E-state index contributed by atoms with van der Waals surface area (Å²) in [4.78, 5) is 11.6. The Bertz CT molecular complexity index is 360. The predicted molar refractivity (Wildman–Crippen MR) is 56.0 cm³/mol. The fraction of sp³-hybridized carbons (Fsp3) is 0.417. The molecule has 1 atom stereocenters.